The average Bonchev–Trinajstić information content (AvgIpc) is 3.32. The number of piperazine rings is 1. The number of nitrogens with zero attached hydrogens (tertiary/aromatic N) is 4. The van der Waals surface area contributed by atoms with Crippen LogP contribution < -0.4 is 4.90 Å². The molecule has 3 heterocycles. The Balaban J connectivity index is 1.35. The van der Waals surface area contributed by atoms with E-state index in [9.17, 15) is 10.1 Å². The van der Waals surface area contributed by atoms with Gasteiger partial charge in [-0.3, -0.25) is 9.69 Å². The van der Waals surface area contributed by atoms with E-state index in [-0.39, 0.29) is 5.78 Å². The number of hydrogen-bond donors (Lipinski definition) is 1. The van der Waals surface area contributed by atoms with E-state index in [0.717, 1.165) is 85.5 Å². The first kappa shape index (κ1) is 23.8. The summed E-state index contributed by atoms with van der Waals surface area (Å²) in [5, 5.41) is 11.0. The number of carbonyl (C=O) groups excluding carboxylic acids is 1. The molecule has 0 saturated carbocycles. The number of hydrogen-bond acceptors (Lipinski definition) is 5. The van der Waals surface area contributed by atoms with Crippen molar-refractivity contribution < 1.29 is 4.79 Å². The lowest BCUT2D eigenvalue weighted by atomic mass is 9.70. The second-order valence-corrected chi connectivity index (χ2v) is 11.3. The fourth-order valence-corrected chi connectivity index (χ4v) is 6.56. The van der Waals surface area contributed by atoms with Crippen LogP contribution in [0.15, 0.2) is 30.3 Å². The molecule has 3 aromatic rings. The Morgan fingerprint density at radius 1 is 1.05 bits per heavy atom. The highest BCUT2D eigenvalue weighted by Gasteiger charge is 2.41. The van der Waals surface area contributed by atoms with Crippen molar-refractivity contribution in [3.63, 3.8) is 0 Å². The van der Waals surface area contributed by atoms with E-state index in [1.807, 2.05) is 24.3 Å². The van der Waals surface area contributed by atoms with E-state index >= 15 is 0 Å². The van der Waals surface area contributed by atoms with Crippen LogP contribution >= 0.6 is 0 Å². The molecular weight excluding hydrogens is 458 g/mol. The summed E-state index contributed by atoms with van der Waals surface area (Å²) in [6.07, 6.45) is 7.81. The van der Waals surface area contributed by atoms with Gasteiger partial charge >= 0.3 is 0 Å². The fraction of sp³-hybridized carbons (Fsp3) is 0.419. The van der Waals surface area contributed by atoms with E-state index in [1.54, 1.807) is 0 Å². The van der Waals surface area contributed by atoms with Crippen molar-refractivity contribution in [3.05, 3.63) is 63.8 Å². The van der Waals surface area contributed by atoms with Crippen molar-refractivity contribution in [2.24, 2.45) is 0 Å². The lowest BCUT2D eigenvalue weighted by Crippen LogP contribution is -2.52. The number of fused-ring (bicyclic) bond motifs is 4. The minimum absolute atomic E-state index is 0.0270. The summed E-state index contributed by atoms with van der Waals surface area (Å²) >= 11 is 0. The smallest absolute Gasteiger partial charge is 0.195 e. The summed E-state index contributed by atoms with van der Waals surface area (Å²) in [4.78, 5) is 24.7. The lowest BCUT2D eigenvalue weighted by molar-refractivity contribution is 0.0982. The number of ketones is 1. The third-order valence-electron chi connectivity index (χ3n) is 8.85. The Labute approximate surface area is 218 Å². The van der Waals surface area contributed by atoms with E-state index in [0.29, 0.717) is 22.7 Å². The Bertz CT molecular complexity index is 1480. The predicted molar refractivity (Wildman–Crippen MR) is 147 cm³/mol. The molecule has 188 valence electrons. The normalized spacial score (nSPS) is 20.4. The van der Waals surface area contributed by atoms with Crippen LogP contribution in [0.1, 0.15) is 65.0 Å². The molecule has 2 aliphatic heterocycles. The molecule has 1 N–H and O–H groups in total. The molecule has 0 bridgehead atoms. The van der Waals surface area contributed by atoms with Crippen LogP contribution in [-0.2, 0) is 5.41 Å². The van der Waals surface area contributed by atoms with Crippen LogP contribution in [0.2, 0.25) is 0 Å². The van der Waals surface area contributed by atoms with Gasteiger partial charge in [-0.05, 0) is 49.7 Å². The number of terminal acetylenes is 1. The Morgan fingerprint density at radius 3 is 2.46 bits per heavy atom. The molecule has 6 heteroatoms. The van der Waals surface area contributed by atoms with Gasteiger partial charge in [0.2, 0.25) is 0 Å². The number of aromatic amines is 1. The van der Waals surface area contributed by atoms with Gasteiger partial charge in [0.15, 0.2) is 5.78 Å². The molecule has 6 nitrogen and oxygen atoms in total. The third-order valence-corrected chi connectivity index (χ3v) is 8.85. The maximum atomic E-state index is 13.8. The standard InChI is InChI=1S/C31H33N5O/c1-5-20-6-7-23-26(16-20)33-30-28(23)29(37)24-17-21(19-32)27(18-25(24)31(30,2)3)36-10-8-22(9-11-36)35-14-12-34(4)13-15-35/h1,6-7,16-18,22,33H,8-15H2,2-4H3. The number of nitrogens with one attached hydrogen (secondary N) is 1. The number of carbonyl (C=O) groups is 1. The second-order valence-electron chi connectivity index (χ2n) is 11.3. The molecule has 0 atom stereocenters. The fourth-order valence-electron chi connectivity index (χ4n) is 6.56. The monoisotopic (exact) mass is 491 g/mol. The number of likely N-dealkylation sites (N-methyl/N-ethyl adjacent to an activating group) is 1. The van der Waals surface area contributed by atoms with Crippen molar-refractivity contribution in [3.8, 4) is 18.4 Å². The highest BCUT2D eigenvalue weighted by atomic mass is 16.1. The Hall–Kier alpha value is -3.58. The first-order valence-electron chi connectivity index (χ1n) is 13.3. The maximum Gasteiger partial charge on any atom is 0.195 e. The van der Waals surface area contributed by atoms with Gasteiger partial charge in [0.05, 0.1) is 16.8 Å². The molecular formula is C31H33N5O. The second kappa shape index (κ2) is 8.77. The van der Waals surface area contributed by atoms with Crippen LogP contribution in [0.3, 0.4) is 0 Å². The summed E-state index contributed by atoms with van der Waals surface area (Å²) in [6, 6.07) is 12.7. The van der Waals surface area contributed by atoms with Gasteiger partial charge in [0.25, 0.3) is 0 Å². The van der Waals surface area contributed by atoms with E-state index in [1.165, 1.54) is 0 Å². The summed E-state index contributed by atoms with van der Waals surface area (Å²) in [5.41, 5.74) is 5.99. The highest BCUT2D eigenvalue weighted by Crippen LogP contribution is 2.45. The zero-order chi connectivity index (χ0) is 25.9. The molecule has 0 unspecified atom stereocenters. The molecule has 1 aromatic heterocycles. The lowest BCUT2D eigenvalue weighted by Gasteiger charge is -2.43. The van der Waals surface area contributed by atoms with Crippen LogP contribution in [-0.4, -0.2) is 72.9 Å². The SMILES string of the molecule is C#Cc1ccc2c3c([nH]c2c1)C(C)(C)c1cc(N2CCC(N4CCN(C)CC4)CC2)c(C#N)cc1C3=O. The van der Waals surface area contributed by atoms with Gasteiger partial charge in [-0.15, -0.1) is 6.42 Å². The average molecular weight is 492 g/mol. The minimum Gasteiger partial charge on any atom is -0.370 e. The molecule has 3 aliphatic rings. The number of H-pyrrole nitrogens is 1. The highest BCUT2D eigenvalue weighted by molar-refractivity contribution is 6.20. The summed E-state index contributed by atoms with van der Waals surface area (Å²) in [7, 11) is 2.19. The van der Waals surface area contributed by atoms with Crippen LogP contribution in [0.5, 0.6) is 0 Å². The van der Waals surface area contributed by atoms with Crippen LogP contribution in [0.25, 0.3) is 10.9 Å². The van der Waals surface area contributed by atoms with Crippen molar-refractivity contribution in [1.82, 2.24) is 14.8 Å². The first-order valence-corrected chi connectivity index (χ1v) is 13.3. The molecule has 2 fully saturated rings. The zero-order valence-electron chi connectivity index (χ0n) is 21.9. The topological polar surface area (TPSA) is 66.4 Å². The molecule has 6 rings (SSSR count). The van der Waals surface area contributed by atoms with Gasteiger partial charge in [-0.1, -0.05) is 25.8 Å². The maximum absolute atomic E-state index is 13.8. The van der Waals surface area contributed by atoms with Gasteiger partial charge in [0, 0.05) is 78.4 Å². The summed E-state index contributed by atoms with van der Waals surface area (Å²) in [6.45, 7) is 10.7. The number of piperidine rings is 1. The number of anilines is 1. The van der Waals surface area contributed by atoms with Crippen LogP contribution in [0.4, 0.5) is 5.69 Å². The number of benzene rings is 2. The Morgan fingerprint density at radius 2 is 1.78 bits per heavy atom. The third kappa shape index (κ3) is 3.75. The van der Waals surface area contributed by atoms with Crippen molar-refractivity contribution in [2.75, 3.05) is 51.2 Å². The van der Waals surface area contributed by atoms with Gasteiger partial charge in [0.1, 0.15) is 6.07 Å². The molecule has 0 radical (unpaired) electrons. The van der Waals surface area contributed by atoms with Crippen LogP contribution in [0, 0.1) is 23.7 Å². The van der Waals surface area contributed by atoms with Gasteiger partial charge in [-0.2, -0.15) is 5.26 Å². The zero-order valence-corrected chi connectivity index (χ0v) is 21.9. The predicted octanol–water partition coefficient (Wildman–Crippen LogP) is 4.11. The molecule has 0 spiro atoms. The van der Waals surface area contributed by atoms with Crippen molar-refractivity contribution in [1.29, 1.82) is 5.26 Å². The minimum atomic E-state index is -0.422. The van der Waals surface area contributed by atoms with E-state index in [2.05, 4.69) is 58.6 Å². The van der Waals surface area contributed by atoms with Gasteiger partial charge < -0.3 is 14.8 Å². The summed E-state index contributed by atoms with van der Waals surface area (Å²) in [5.74, 6) is 2.65. The molecule has 1 aliphatic carbocycles. The van der Waals surface area contributed by atoms with Gasteiger partial charge in [-0.25, -0.2) is 0 Å². The summed E-state index contributed by atoms with van der Waals surface area (Å²) < 4.78 is 0. The number of aromatic nitrogens is 1. The first-order chi connectivity index (χ1) is 17.8. The largest absolute Gasteiger partial charge is 0.370 e. The number of rotatable bonds is 2. The Kier molecular flexibility index (Phi) is 5.64. The molecule has 0 amide bonds. The van der Waals surface area contributed by atoms with Crippen molar-refractivity contribution >= 4 is 22.4 Å². The quantitative estimate of drug-likeness (QED) is 0.547. The molecule has 2 saturated heterocycles. The molecule has 37 heavy (non-hydrogen) atoms. The molecule has 2 aromatic carbocycles. The van der Waals surface area contributed by atoms with E-state index < -0.39 is 5.41 Å². The number of nitriles is 1. The van der Waals surface area contributed by atoms with Crippen molar-refractivity contribution in [2.45, 2.75) is 38.1 Å². The van der Waals surface area contributed by atoms with E-state index in [4.69, 9.17) is 6.42 Å².